The lowest BCUT2D eigenvalue weighted by Gasteiger charge is -2.13. The summed E-state index contributed by atoms with van der Waals surface area (Å²) in [6.45, 7) is 2.55. The molecular formula is C20H23N3O3. The Morgan fingerprint density at radius 2 is 1.92 bits per heavy atom. The predicted molar refractivity (Wildman–Crippen MR) is 103 cm³/mol. The van der Waals surface area contributed by atoms with Crippen LogP contribution in [0.25, 0.3) is 22.4 Å². The summed E-state index contributed by atoms with van der Waals surface area (Å²) < 4.78 is 7.03. The minimum atomic E-state index is -0.358. The quantitative estimate of drug-likeness (QED) is 0.690. The number of hydrogen-bond acceptors (Lipinski definition) is 5. The van der Waals surface area contributed by atoms with Crippen LogP contribution >= 0.6 is 0 Å². The number of aliphatic hydroxyl groups is 1. The molecule has 136 valence electrons. The summed E-state index contributed by atoms with van der Waals surface area (Å²) in [7, 11) is 3.99. The molecule has 0 bridgehead atoms. The van der Waals surface area contributed by atoms with Crippen LogP contribution in [-0.4, -0.2) is 47.9 Å². The number of ether oxygens (including phenoxy) is 1. The Balaban J connectivity index is 2.08. The van der Waals surface area contributed by atoms with E-state index in [-0.39, 0.29) is 12.6 Å². The topological polar surface area (TPSA) is 67.6 Å². The van der Waals surface area contributed by atoms with E-state index in [9.17, 15) is 9.90 Å². The fraction of sp³-hybridized carbons (Fsp3) is 0.300. The lowest BCUT2D eigenvalue weighted by molar-refractivity contribution is 0.0526. The highest BCUT2D eigenvalue weighted by Gasteiger charge is 2.15. The van der Waals surface area contributed by atoms with E-state index in [1.165, 1.54) is 0 Å². The monoisotopic (exact) mass is 353 g/mol. The summed E-state index contributed by atoms with van der Waals surface area (Å²) in [4.78, 5) is 18.7. The van der Waals surface area contributed by atoms with Gasteiger partial charge in [0.15, 0.2) is 0 Å². The number of nitrogens with zero attached hydrogens (tertiary/aromatic N) is 3. The molecule has 0 amide bonds. The third-order valence-electron chi connectivity index (χ3n) is 4.22. The molecular weight excluding hydrogens is 330 g/mol. The van der Waals surface area contributed by atoms with Gasteiger partial charge in [-0.05, 0) is 49.4 Å². The maximum absolute atomic E-state index is 12.0. The molecule has 0 fully saturated rings. The van der Waals surface area contributed by atoms with Crippen molar-refractivity contribution >= 4 is 22.7 Å². The number of fused-ring (bicyclic) bond motifs is 1. The Morgan fingerprint density at radius 3 is 2.54 bits per heavy atom. The van der Waals surface area contributed by atoms with Crippen molar-refractivity contribution < 1.29 is 14.6 Å². The summed E-state index contributed by atoms with van der Waals surface area (Å²) in [6, 6.07) is 13.4. The lowest BCUT2D eigenvalue weighted by Crippen LogP contribution is -2.08. The number of rotatable bonds is 6. The van der Waals surface area contributed by atoms with E-state index in [4.69, 9.17) is 9.72 Å². The van der Waals surface area contributed by atoms with Crippen molar-refractivity contribution in [1.82, 2.24) is 9.55 Å². The van der Waals surface area contributed by atoms with Crippen molar-refractivity contribution in [2.75, 3.05) is 32.2 Å². The van der Waals surface area contributed by atoms with Gasteiger partial charge >= 0.3 is 5.97 Å². The Kier molecular flexibility index (Phi) is 5.23. The van der Waals surface area contributed by atoms with Gasteiger partial charge in [0.1, 0.15) is 5.82 Å². The van der Waals surface area contributed by atoms with Crippen LogP contribution in [0.4, 0.5) is 5.69 Å². The van der Waals surface area contributed by atoms with Gasteiger partial charge in [0.2, 0.25) is 0 Å². The Bertz CT molecular complexity index is 914. The fourth-order valence-corrected chi connectivity index (χ4v) is 2.93. The normalized spacial score (nSPS) is 10.9. The van der Waals surface area contributed by atoms with E-state index in [0.717, 1.165) is 22.6 Å². The molecule has 6 nitrogen and oxygen atoms in total. The number of hydrogen-bond donors (Lipinski definition) is 1. The molecule has 0 unspecified atom stereocenters. The maximum atomic E-state index is 12.0. The first-order valence-electron chi connectivity index (χ1n) is 8.61. The van der Waals surface area contributed by atoms with Gasteiger partial charge in [-0.2, -0.15) is 0 Å². The van der Waals surface area contributed by atoms with Crippen LogP contribution in [-0.2, 0) is 11.3 Å². The van der Waals surface area contributed by atoms with Crippen LogP contribution in [0.15, 0.2) is 42.5 Å². The molecule has 6 heteroatoms. The second-order valence-corrected chi connectivity index (χ2v) is 6.18. The number of carbonyl (C=O) groups is 1. The maximum Gasteiger partial charge on any atom is 0.338 e. The van der Waals surface area contributed by atoms with Crippen LogP contribution in [0.2, 0.25) is 0 Å². The Hall–Kier alpha value is -2.86. The molecule has 0 radical (unpaired) electrons. The van der Waals surface area contributed by atoms with Gasteiger partial charge < -0.3 is 19.3 Å². The molecule has 0 aliphatic carbocycles. The van der Waals surface area contributed by atoms with Crippen LogP contribution in [0.5, 0.6) is 0 Å². The highest BCUT2D eigenvalue weighted by Crippen LogP contribution is 2.27. The van der Waals surface area contributed by atoms with Crippen LogP contribution in [0, 0.1) is 0 Å². The summed E-state index contributed by atoms with van der Waals surface area (Å²) in [6.07, 6.45) is 0. The minimum Gasteiger partial charge on any atom is -0.462 e. The van der Waals surface area contributed by atoms with Crippen molar-refractivity contribution in [2.45, 2.75) is 13.5 Å². The zero-order chi connectivity index (χ0) is 18.7. The molecule has 0 atom stereocenters. The summed E-state index contributed by atoms with van der Waals surface area (Å²) in [5, 5.41) is 9.47. The summed E-state index contributed by atoms with van der Waals surface area (Å²) >= 11 is 0. The second-order valence-electron chi connectivity index (χ2n) is 6.18. The average molecular weight is 353 g/mol. The Labute approximate surface area is 152 Å². The third kappa shape index (κ3) is 3.41. The standard InChI is InChI=1S/C20H23N3O3/c1-4-26-20(25)15-7-10-18-17(13-15)21-19(23(18)11-12-24)14-5-8-16(9-6-14)22(2)3/h5-10,13,24H,4,11-12H2,1-3H3. The van der Waals surface area contributed by atoms with E-state index < -0.39 is 0 Å². The molecule has 0 saturated heterocycles. The van der Waals surface area contributed by atoms with E-state index in [1.54, 1.807) is 19.1 Å². The lowest BCUT2D eigenvalue weighted by atomic mass is 10.2. The van der Waals surface area contributed by atoms with Crippen LogP contribution < -0.4 is 4.90 Å². The van der Waals surface area contributed by atoms with E-state index >= 15 is 0 Å². The Morgan fingerprint density at radius 1 is 1.19 bits per heavy atom. The van der Waals surface area contributed by atoms with Crippen LogP contribution in [0.3, 0.4) is 0 Å². The third-order valence-corrected chi connectivity index (χ3v) is 4.22. The largest absolute Gasteiger partial charge is 0.462 e. The molecule has 1 heterocycles. The minimum absolute atomic E-state index is 0.00781. The van der Waals surface area contributed by atoms with Gasteiger partial charge in [-0.15, -0.1) is 0 Å². The van der Waals surface area contributed by atoms with Crippen molar-refractivity contribution in [3.63, 3.8) is 0 Å². The number of benzene rings is 2. The summed E-state index contributed by atoms with van der Waals surface area (Å²) in [5.74, 6) is 0.406. The highest BCUT2D eigenvalue weighted by molar-refractivity contribution is 5.94. The molecule has 0 spiro atoms. The van der Waals surface area contributed by atoms with Crippen molar-refractivity contribution in [2.24, 2.45) is 0 Å². The van der Waals surface area contributed by atoms with Crippen molar-refractivity contribution in [3.8, 4) is 11.4 Å². The first-order valence-corrected chi connectivity index (χ1v) is 8.61. The summed E-state index contributed by atoms with van der Waals surface area (Å²) in [5.41, 5.74) is 4.11. The van der Waals surface area contributed by atoms with Crippen molar-refractivity contribution in [1.29, 1.82) is 0 Å². The zero-order valence-electron chi connectivity index (χ0n) is 15.3. The molecule has 1 aromatic heterocycles. The molecule has 26 heavy (non-hydrogen) atoms. The van der Waals surface area contributed by atoms with Gasteiger partial charge in [0.25, 0.3) is 0 Å². The van der Waals surface area contributed by atoms with Gasteiger partial charge in [-0.25, -0.2) is 9.78 Å². The van der Waals surface area contributed by atoms with Gasteiger partial charge in [-0.1, -0.05) is 0 Å². The first kappa shape index (κ1) is 17.9. The van der Waals surface area contributed by atoms with Gasteiger partial charge in [-0.3, -0.25) is 0 Å². The highest BCUT2D eigenvalue weighted by atomic mass is 16.5. The fourth-order valence-electron chi connectivity index (χ4n) is 2.93. The molecule has 1 N–H and O–H groups in total. The number of aromatic nitrogens is 2. The number of anilines is 1. The van der Waals surface area contributed by atoms with E-state index in [2.05, 4.69) is 0 Å². The second kappa shape index (κ2) is 7.58. The smallest absolute Gasteiger partial charge is 0.338 e. The molecule has 0 aliphatic rings. The van der Waals surface area contributed by atoms with Gasteiger partial charge in [0, 0.05) is 31.9 Å². The number of esters is 1. The van der Waals surface area contributed by atoms with Gasteiger partial charge in [0.05, 0.1) is 29.8 Å². The SMILES string of the molecule is CCOC(=O)c1ccc2c(c1)nc(-c1ccc(N(C)C)cc1)n2CCO. The first-order chi connectivity index (χ1) is 12.5. The molecule has 3 rings (SSSR count). The average Bonchev–Trinajstić information content (AvgIpc) is 3.00. The molecule has 2 aromatic carbocycles. The zero-order valence-corrected chi connectivity index (χ0v) is 15.3. The van der Waals surface area contributed by atoms with E-state index in [1.807, 2.05) is 53.9 Å². The molecule has 0 saturated carbocycles. The molecule has 3 aromatic rings. The predicted octanol–water partition coefficient (Wildman–Crippen LogP) is 2.94. The van der Waals surface area contributed by atoms with Crippen LogP contribution in [0.1, 0.15) is 17.3 Å². The number of imidazole rings is 1. The number of carbonyl (C=O) groups excluding carboxylic acids is 1. The van der Waals surface area contributed by atoms with Crippen molar-refractivity contribution in [3.05, 3.63) is 48.0 Å². The number of aliphatic hydroxyl groups excluding tert-OH is 1. The molecule has 0 aliphatic heterocycles. The van der Waals surface area contributed by atoms with E-state index in [0.29, 0.717) is 24.2 Å².